The van der Waals surface area contributed by atoms with Crippen molar-refractivity contribution in [3.63, 3.8) is 0 Å². The molecule has 0 radical (unpaired) electrons. The summed E-state index contributed by atoms with van der Waals surface area (Å²) in [6, 6.07) is 21.7. The molecule has 0 unspecified atom stereocenters. The highest BCUT2D eigenvalue weighted by Gasteiger charge is 2.20. The molecule has 1 N–H and O–H groups in total. The summed E-state index contributed by atoms with van der Waals surface area (Å²) in [7, 11) is 1.67. The Kier molecular flexibility index (Phi) is 5.69. The van der Waals surface area contributed by atoms with Crippen molar-refractivity contribution in [3.8, 4) is 11.5 Å². The molecule has 3 aromatic carbocycles. The molecule has 1 aliphatic rings. The van der Waals surface area contributed by atoms with Gasteiger partial charge in [0.1, 0.15) is 23.9 Å². The molecular weight excluding hydrogens is 424 g/mol. The normalized spacial score (nSPS) is 13.2. The van der Waals surface area contributed by atoms with E-state index in [0.29, 0.717) is 32.2 Å². The monoisotopic (exact) mass is 446 g/mol. The van der Waals surface area contributed by atoms with Gasteiger partial charge in [0.25, 0.3) is 0 Å². The Hall–Kier alpha value is -3.51. The average molecular weight is 447 g/mol. The second kappa shape index (κ2) is 8.93. The zero-order chi connectivity index (χ0) is 21.9. The summed E-state index contributed by atoms with van der Waals surface area (Å²) in [6.07, 6.45) is 0. The van der Waals surface area contributed by atoms with E-state index in [0.717, 1.165) is 44.4 Å². The van der Waals surface area contributed by atoms with Crippen LogP contribution in [0.3, 0.4) is 0 Å². The number of rotatable bonds is 5. The number of hydrogen-bond donors (Lipinski definition) is 1. The highest BCUT2D eigenvalue weighted by Crippen LogP contribution is 2.30. The van der Waals surface area contributed by atoms with E-state index in [2.05, 4.69) is 10.2 Å². The molecule has 162 valence electrons. The molecule has 0 amide bonds. The number of nitrogens with zero attached hydrogens (tertiary/aromatic N) is 3. The fourth-order valence-electron chi connectivity index (χ4n) is 3.80. The van der Waals surface area contributed by atoms with E-state index in [4.69, 9.17) is 31.0 Å². The SMILES string of the molecule is COc1ccc2c(c1)CN(c1nc(NCc3ccc(Cl)cc3)c3ccccc3n1)CCO2. The Morgan fingerprint density at radius 3 is 2.75 bits per heavy atom. The molecule has 5 rings (SSSR count). The topological polar surface area (TPSA) is 59.5 Å². The van der Waals surface area contributed by atoms with Crippen LogP contribution in [0.5, 0.6) is 11.5 Å². The third-order valence-corrected chi connectivity index (χ3v) is 5.75. The van der Waals surface area contributed by atoms with E-state index >= 15 is 0 Å². The predicted molar refractivity (Wildman–Crippen MR) is 128 cm³/mol. The summed E-state index contributed by atoms with van der Waals surface area (Å²) >= 11 is 6.02. The summed E-state index contributed by atoms with van der Waals surface area (Å²) in [5, 5.41) is 5.19. The predicted octanol–water partition coefficient (Wildman–Crippen LogP) is 5.30. The molecule has 2 heterocycles. The summed E-state index contributed by atoms with van der Waals surface area (Å²) in [4.78, 5) is 11.9. The standard InChI is InChI=1S/C25H23ClN4O2/c1-31-20-10-11-23-18(14-20)16-30(12-13-32-23)25-28-22-5-3-2-4-21(22)24(29-25)27-15-17-6-8-19(26)9-7-17/h2-11,14H,12-13,15-16H2,1H3,(H,27,28,29). The summed E-state index contributed by atoms with van der Waals surface area (Å²) in [5.41, 5.74) is 3.07. The van der Waals surface area contributed by atoms with Crippen LogP contribution >= 0.6 is 11.6 Å². The third kappa shape index (κ3) is 4.27. The van der Waals surface area contributed by atoms with Gasteiger partial charge in [0.2, 0.25) is 5.95 Å². The molecule has 1 aromatic heterocycles. The van der Waals surface area contributed by atoms with Crippen molar-refractivity contribution in [1.82, 2.24) is 9.97 Å². The molecule has 1 aliphatic heterocycles. The van der Waals surface area contributed by atoms with Crippen LogP contribution in [-0.2, 0) is 13.1 Å². The Morgan fingerprint density at radius 1 is 1.06 bits per heavy atom. The van der Waals surface area contributed by atoms with Crippen LogP contribution in [0.25, 0.3) is 10.9 Å². The lowest BCUT2D eigenvalue weighted by Gasteiger charge is -2.21. The lowest BCUT2D eigenvalue weighted by Crippen LogP contribution is -2.27. The smallest absolute Gasteiger partial charge is 0.228 e. The number of methoxy groups -OCH3 is 1. The molecule has 4 aromatic rings. The van der Waals surface area contributed by atoms with Gasteiger partial charge in [0.15, 0.2) is 0 Å². The maximum absolute atomic E-state index is 6.02. The van der Waals surface area contributed by atoms with Crippen LogP contribution in [0, 0.1) is 0 Å². The van der Waals surface area contributed by atoms with E-state index in [9.17, 15) is 0 Å². The molecule has 0 saturated carbocycles. The Morgan fingerprint density at radius 2 is 1.91 bits per heavy atom. The van der Waals surface area contributed by atoms with Gasteiger partial charge in [-0.3, -0.25) is 0 Å². The molecule has 0 bridgehead atoms. The van der Waals surface area contributed by atoms with Crippen LogP contribution in [-0.4, -0.2) is 30.2 Å². The third-order valence-electron chi connectivity index (χ3n) is 5.50. The molecule has 0 aliphatic carbocycles. The second-order valence-electron chi connectivity index (χ2n) is 7.61. The first kappa shape index (κ1) is 20.4. The highest BCUT2D eigenvalue weighted by atomic mass is 35.5. The van der Waals surface area contributed by atoms with Crippen molar-refractivity contribution in [2.45, 2.75) is 13.1 Å². The number of ether oxygens (including phenoxy) is 2. The van der Waals surface area contributed by atoms with E-state index in [-0.39, 0.29) is 0 Å². The van der Waals surface area contributed by atoms with Gasteiger partial charge in [0.05, 0.1) is 19.2 Å². The zero-order valence-electron chi connectivity index (χ0n) is 17.7. The van der Waals surface area contributed by atoms with Crippen molar-refractivity contribution >= 4 is 34.3 Å². The van der Waals surface area contributed by atoms with Crippen molar-refractivity contribution in [3.05, 3.63) is 82.9 Å². The molecule has 0 saturated heterocycles. The number of fused-ring (bicyclic) bond motifs is 2. The van der Waals surface area contributed by atoms with Gasteiger partial charge in [-0.15, -0.1) is 0 Å². The molecule has 0 fully saturated rings. The van der Waals surface area contributed by atoms with Crippen molar-refractivity contribution in [1.29, 1.82) is 0 Å². The molecular formula is C25H23ClN4O2. The Bertz CT molecular complexity index is 1250. The second-order valence-corrected chi connectivity index (χ2v) is 8.05. The number of benzene rings is 3. The number of anilines is 2. The molecule has 6 nitrogen and oxygen atoms in total. The zero-order valence-corrected chi connectivity index (χ0v) is 18.5. The molecule has 0 atom stereocenters. The maximum Gasteiger partial charge on any atom is 0.228 e. The van der Waals surface area contributed by atoms with Crippen LogP contribution in [0.4, 0.5) is 11.8 Å². The largest absolute Gasteiger partial charge is 0.497 e. The fraction of sp³-hybridized carbons (Fsp3) is 0.200. The quantitative estimate of drug-likeness (QED) is 0.448. The average Bonchev–Trinajstić information content (AvgIpc) is 3.05. The van der Waals surface area contributed by atoms with Gasteiger partial charge in [-0.1, -0.05) is 35.9 Å². The van der Waals surface area contributed by atoms with Gasteiger partial charge >= 0.3 is 0 Å². The van der Waals surface area contributed by atoms with Crippen LogP contribution in [0.2, 0.25) is 5.02 Å². The van der Waals surface area contributed by atoms with Crippen LogP contribution in [0.1, 0.15) is 11.1 Å². The molecule has 7 heteroatoms. The number of para-hydroxylation sites is 1. The van der Waals surface area contributed by atoms with Gasteiger partial charge in [-0.25, -0.2) is 4.98 Å². The van der Waals surface area contributed by atoms with Gasteiger partial charge in [-0.05, 0) is 48.0 Å². The minimum atomic E-state index is 0.559. The fourth-order valence-corrected chi connectivity index (χ4v) is 3.92. The molecule has 32 heavy (non-hydrogen) atoms. The lowest BCUT2D eigenvalue weighted by molar-refractivity contribution is 0.330. The first-order valence-electron chi connectivity index (χ1n) is 10.5. The van der Waals surface area contributed by atoms with E-state index < -0.39 is 0 Å². The number of nitrogens with one attached hydrogen (secondary N) is 1. The van der Waals surface area contributed by atoms with Crippen molar-refractivity contribution in [2.24, 2.45) is 0 Å². The van der Waals surface area contributed by atoms with Gasteiger partial charge in [-0.2, -0.15) is 4.98 Å². The summed E-state index contributed by atoms with van der Waals surface area (Å²) < 4.78 is 11.3. The number of aromatic nitrogens is 2. The Balaban J connectivity index is 1.47. The van der Waals surface area contributed by atoms with E-state index in [1.807, 2.05) is 66.7 Å². The summed E-state index contributed by atoms with van der Waals surface area (Å²) in [5.74, 6) is 3.15. The highest BCUT2D eigenvalue weighted by molar-refractivity contribution is 6.30. The Labute approximate surface area is 191 Å². The van der Waals surface area contributed by atoms with E-state index in [1.54, 1.807) is 7.11 Å². The number of halogens is 1. The van der Waals surface area contributed by atoms with Crippen LogP contribution < -0.4 is 19.7 Å². The van der Waals surface area contributed by atoms with Crippen LogP contribution in [0.15, 0.2) is 66.7 Å². The van der Waals surface area contributed by atoms with E-state index in [1.165, 1.54) is 0 Å². The lowest BCUT2D eigenvalue weighted by atomic mass is 10.2. The maximum atomic E-state index is 6.02. The van der Waals surface area contributed by atoms with Crippen molar-refractivity contribution in [2.75, 3.05) is 30.5 Å². The first-order valence-corrected chi connectivity index (χ1v) is 10.9. The van der Waals surface area contributed by atoms with Gasteiger partial charge in [0, 0.05) is 29.1 Å². The first-order chi connectivity index (χ1) is 15.7. The van der Waals surface area contributed by atoms with Crippen molar-refractivity contribution < 1.29 is 9.47 Å². The summed E-state index contributed by atoms with van der Waals surface area (Å²) in [6.45, 7) is 2.53. The minimum absolute atomic E-state index is 0.559. The molecule has 0 spiro atoms. The minimum Gasteiger partial charge on any atom is -0.497 e. The van der Waals surface area contributed by atoms with Gasteiger partial charge < -0.3 is 19.7 Å². The number of hydrogen-bond acceptors (Lipinski definition) is 6.